The Morgan fingerprint density at radius 2 is 1.80 bits per heavy atom. The smallest absolute Gasteiger partial charge is 0.463 e. The van der Waals surface area contributed by atoms with E-state index >= 15 is 0 Å². The Labute approximate surface area is 154 Å². The summed E-state index contributed by atoms with van der Waals surface area (Å²) in [5.74, 6) is 2.26. The van der Waals surface area contributed by atoms with Gasteiger partial charge in [-0.05, 0) is 42.9 Å². The summed E-state index contributed by atoms with van der Waals surface area (Å²) >= 11 is 0. The molecule has 0 aromatic heterocycles. The third kappa shape index (κ3) is 7.21. The van der Waals surface area contributed by atoms with Crippen LogP contribution in [0.2, 0.25) is 6.04 Å². The van der Waals surface area contributed by atoms with Crippen molar-refractivity contribution in [2.24, 2.45) is 23.7 Å². The van der Waals surface area contributed by atoms with Gasteiger partial charge in [0, 0.05) is 33.4 Å². The van der Waals surface area contributed by atoms with Gasteiger partial charge in [-0.2, -0.15) is 0 Å². The van der Waals surface area contributed by atoms with Crippen LogP contribution in [0.15, 0.2) is 12.2 Å². The Bertz CT molecular complexity index is 412. The number of carbonyl (C=O) groups is 1. The first-order valence-electron chi connectivity index (χ1n) is 9.37. The molecule has 1 saturated carbocycles. The zero-order valence-electron chi connectivity index (χ0n) is 16.7. The Kier molecular flexibility index (Phi) is 9.93. The van der Waals surface area contributed by atoms with Crippen molar-refractivity contribution in [2.75, 3.05) is 27.9 Å². The van der Waals surface area contributed by atoms with E-state index in [0.717, 1.165) is 12.3 Å². The lowest BCUT2D eigenvalue weighted by atomic mass is 9.70. The van der Waals surface area contributed by atoms with Gasteiger partial charge in [0.15, 0.2) is 0 Å². The molecule has 3 unspecified atom stereocenters. The first-order valence-corrected chi connectivity index (χ1v) is 11.3. The van der Waals surface area contributed by atoms with E-state index in [0.29, 0.717) is 36.8 Å². The molecule has 25 heavy (non-hydrogen) atoms. The van der Waals surface area contributed by atoms with Crippen molar-refractivity contribution in [3.63, 3.8) is 0 Å². The molecule has 1 rings (SSSR count). The monoisotopic (exact) mass is 372 g/mol. The van der Waals surface area contributed by atoms with E-state index in [1.807, 2.05) is 0 Å². The number of hydrogen-bond donors (Lipinski definition) is 0. The van der Waals surface area contributed by atoms with Crippen molar-refractivity contribution in [3.05, 3.63) is 12.2 Å². The van der Waals surface area contributed by atoms with Gasteiger partial charge in [-0.3, -0.25) is 0 Å². The fourth-order valence-corrected chi connectivity index (χ4v) is 5.45. The lowest BCUT2D eigenvalue weighted by Crippen LogP contribution is -2.42. The van der Waals surface area contributed by atoms with E-state index in [2.05, 4.69) is 26.8 Å². The van der Waals surface area contributed by atoms with Crippen LogP contribution in [0.4, 0.5) is 0 Å². The summed E-state index contributed by atoms with van der Waals surface area (Å²) in [6.07, 6.45) is 8.06. The van der Waals surface area contributed by atoms with Crippen LogP contribution in [0.3, 0.4) is 0 Å². The summed E-state index contributed by atoms with van der Waals surface area (Å²) < 4.78 is 21.4. The molecule has 3 atom stereocenters. The van der Waals surface area contributed by atoms with Gasteiger partial charge in [0.25, 0.3) is 0 Å². The van der Waals surface area contributed by atoms with Gasteiger partial charge in [0.1, 0.15) is 0 Å². The number of carbonyl (C=O) groups excluding carboxylic acids is 1. The minimum absolute atomic E-state index is 0.264. The standard InChI is InChI=1S/C19H36O5Si/c1-15(2)18-10-8-16(3)14-17(18)9-11-19(20)24-12-7-13-25(21-4,22-5)23-6/h9,11,15-18H,7-8,10,12-14H2,1-6H3. The predicted octanol–water partition coefficient (Wildman–Crippen LogP) is 4.06. The normalized spacial score (nSPS) is 24.8. The summed E-state index contributed by atoms with van der Waals surface area (Å²) in [6.45, 7) is 7.20. The lowest BCUT2D eigenvalue weighted by molar-refractivity contribution is -0.137. The maximum atomic E-state index is 12.0. The Morgan fingerprint density at radius 1 is 1.16 bits per heavy atom. The van der Waals surface area contributed by atoms with E-state index in [4.69, 9.17) is 18.0 Å². The fraction of sp³-hybridized carbons (Fsp3) is 0.842. The fourth-order valence-electron chi connectivity index (χ4n) is 3.77. The van der Waals surface area contributed by atoms with Crippen LogP contribution < -0.4 is 0 Å². The molecule has 0 amide bonds. The van der Waals surface area contributed by atoms with Crippen molar-refractivity contribution < 1.29 is 22.8 Å². The van der Waals surface area contributed by atoms with Crippen LogP contribution in [0.5, 0.6) is 0 Å². The molecule has 0 radical (unpaired) electrons. The van der Waals surface area contributed by atoms with Crippen molar-refractivity contribution in [2.45, 2.75) is 52.5 Å². The van der Waals surface area contributed by atoms with E-state index in [-0.39, 0.29) is 5.97 Å². The summed E-state index contributed by atoms with van der Waals surface area (Å²) in [5, 5.41) is 0. The van der Waals surface area contributed by atoms with E-state index in [9.17, 15) is 4.79 Å². The van der Waals surface area contributed by atoms with Crippen LogP contribution in [0.1, 0.15) is 46.5 Å². The number of esters is 1. The van der Waals surface area contributed by atoms with Gasteiger partial charge < -0.3 is 18.0 Å². The van der Waals surface area contributed by atoms with E-state index in [1.54, 1.807) is 27.4 Å². The molecular formula is C19H36O5Si. The summed E-state index contributed by atoms with van der Waals surface area (Å²) in [7, 11) is 2.19. The molecule has 0 N–H and O–H groups in total. The molecule has 146 valence electrons. The number of rotatable bonds is 10. The maximum absolute atomic E-state index is 12.0. The van der Waals surface area contributed by atoms with Crippen LogP contribution >= 0.6 is 0 Å². The highest BCUT2D eigenvalue weighted by Crippen LogP contribution is 2.38. The molecule has 0 aliphatic heterocycles. The quantitative estimate of drug-likeness (QED) is 0.250. The average molecular weight is 373 g/mol. The predicted molar refractivity (Wildman–Crippen MR) is 101 cm³/mol. The molecule has 1 aliphatic rings. The zero-order valence-corrected chi connectivity index (χ0v) is 17.7. The highest BCUT2D eigenvalue weighted by Gasteiger charge is 2.37. The van der Waals surface area contributed by atoms with Gasteiger partial charge in [0.2, 0.25) is 0 Å². The van der Waals surface area contributed by atoms with Crippen molar-refractivity contribution in [3.8, 4) is 0 Å². The summed E-state index contributed by atoms with van der Waals surface area (Å²) in [5.41, 5.74) is 0. The lowest BCUT2D eigenvalue weighted by Gasteiger charge is -2.35. The zero-order chi connectivity index (χ0) is 18.9. The Hall–Kier alpha value is -0.693. The Balaban J connectivity index is 2.41. The average Bonchev–Trinajstić information content (AvgIpc) is 2.60. The van der Waals surface area contributed by atoms with Crippen molar-refractivity contribution >= 4 is 14.8 Å². The topological polar surface area (TPSA) is 54.0 Å². The minimum atomic E-state index is -2.57. The third-order valence-electron chi connectivity index (χ3n) is 5.36. The number of hydrogen-bond acceptors (Lipinski definition) is 5. The minimum Gasteiger partial charge on any atom is -0.463 e. The molecule has 0 saturated heterocycles. The van der Waals surface area contributed by atoms with Gasteiger partial charge in [-0.15, -0.1) is 0 Å². The first-order chi connectivity index (χ1) is 11.9. The van der Waals surface area contributed by atoms with E-state index in [1.165, 1.54) is 12.8 Å². The molecule has 1 fully saturated rings. The SMILES string of the molecule is CO[Si](CCCOC(=O)C=CC1CC(C)CCC1C(C)C)(OC)OC. The molecule has 0 aromatic carbocycles. The molecule has 1 aliphatic carbocycles. The largest absolute Gasteiger partial charge is 0.500 e. The maximum Gasteiger partial charge on any atom is 0.500 e. The van der Waals surface area contributed by atoms with Gasteiger partial charge in [-0.25, -0.2) is 4.79 Å². The second-order valence-electron chi connectivity index (χ2n) is 7.42. The van der Waals surface area contributed by atoms with Gasteiger partial charge in [0.05, 0.1) is 6.61 Å². The molecule has 0 bridgehead atoms. The van der Waals surface area contributed by atoms with Crippen LogP contribution in [-0.2, 0) is 22.8 Å². The van der Waals surface area contributed by atoms with Gasteiger partial charge >= 0.3 is 14.8 Å². The molecule has 0 aromatic rings. The Morgan fingerprint density at radius 3 is 2.36 bits per heavy atom. The first kappa shape index (κ1) is 22.3. The number of allylic oxidation sites excluding steroid dienone is 1. The summed E-state index contributed by atoms with van der Waals surface area (Å²) in [4.78, 5) is 12.0. The highest BCUT2D eigenvalue weighted by atomic mass is 28.4. The van der Waals surface area contributed by atoms with Crippen LogP contribution in [0, 0.1) is 23.7 Å². The molecule has 0 heterocycles. The van der Waals surface area contributed by atoms with Crippen LogP contribution in [0.25, 0.3) is 0 Å². The summed E-state index contributed by atoms with van der Waals surface area (Å²) in [6, 6.07) is 0.628. The number of ether oxygens (including phenoxy) is 1. The van der Waals surface area contributed by atoms with Crippen molar-refractivity contribution in [1.82, 2.24) is 0 Å². The van der Waals surface area contributed by atoms with Crippen LogP contribution in [-0.4, -0.2) is 42.7 Å². The molecular weight excluding hydrogens is 336 g/mol. The highest BCUT2D eigenvalue weighted by molar-refractivity contribution is 6.60. The second kappa shape index (κ2) is 11.1. The van der Waals surface area contributed by atoms with E-state index < -0.39 is 8.80 Å². The second-order valence-corrected chi connectivity index (χ2v) is 10.5. The van der Waals surface area contributed by atoms with Gasteiger partial charge in [-0.1, -0.05) is 33.3 Å². The molecule has 0 spiro atoms. The third-order valence-corrected chi connectivity index (χ3v) is 8.19. The van der Waals surface area contributed by atoms with Crippen molar-refractivity contribution in [1.29, 1.82) is 0 Å². The molecule has 5 nitrogen and oxygen atoms in total. The molecule has 6 heteroatoms.